The first kappa shape index (κ1) is 18.6. The Morgan fingerprint density at radius 2 is 1.67 bits per heavy atom. The molecule has 24 heavy (non-hydrogen) atoms. The van der Waals surface area contributed by atoms with Crippen LogP contribution in [0.15, 0.2) is 24.3 Å². The summed E-state index contributed by atoms with van der Waals surface area (Å²) in [7, 11) is 0. The van der Waals surface area contributed by atoms with Gasteiger partial charge in [-0.25, -0.2) is 4.79 Å². The second kappa shape index (κ2) is 7.04. The van der Waals surface area contributed by atoms with E-state index in [1.807, 2.05) is 20.8 Å². The zero-order chi connectivity index (χ0) is 18.0. The minimum atomic E-state index is -0.445. The summed E-state index contributed by atoms with van der Waals surface area (Å²) >= 11 is 0. The fraction of sp³-hybridized carbons (Fsp3) is 0.650. The van der Waals surface area contributed by atoms with E-state index in [2.05, 4.69) is 55.7 Å². The molecule has 4 nitrogen and oxygen atoms in total. The van der Waals surface area contributed by atoms with E-state index in [-0.39, 0.29) is 17.6 Å². The second-order valence-electron chi connectivity index (χ2n) is 8.47. The Kier molecular flexibility index (Phi) is 5.46. The third-order valence-electron chi connectivity index (χ3n) is 4.78. The maximum atomic E-state index is 11.7. The summed E-state index contributed by atoms with van der Waals surface area (Å²) in [6, 6.07) is 9.34. The maximum Gasteiger partial charge on any atom is 0.407 e. The predicted molar refractivity (Wildman–Crippen MR) is 99.6 cm³/mol. The third-order valence-corrected chi connectivity index (χ3v) is 4.78. The average molecular weight is 332 g/mol. The van der Waals surface area contributed by atoms with Crippen LogP contribution in [0.2, 0.25) is 0 Å². The standard InChI is InChI=1S/C20H32N2O2/c1-7-20(5,6)14-8-10-15(11-9-14)21-16-12-17(13-16)22-18(23)24-19(2,3)4/h8-11,16-17,21H,7,12-13H2,1-6H3,(H,22,23). The van der Waals surface area contributed by atoms with Crippen LogP contribution in [0.4, 0.5) is 10.5 Å². The number of carbonyl (C=O) groups is 1. The van der Waals surface area contributed by atoms with Crippen LogP contribution in [-0.2, 0) is 10.2 Å². The summed E-state index contributed by atoms with van der Waals surface area (Å²) in [6.07, 6.45) is 2.67. The molecule has 0 unspecified atom stereocenters. The zero-order valence-electron chi connectivity index (χ0n) is 15.9. The molecule has 0 aliphatic heterocycles. The Hall–Kier alpha value is -1.71. The molecular formula is C20H32N2O2. The Labute approximate surface area is 146 Å². The van der Waals surface area contributed by atoms with Gasteiger partial charge in [-0.3, -0.25) is 0 Å². The van der Waals surface area contributed by atoms with Crippen molar-refractivity contribution in [2.24, 2.45) is 0 Å². The molecule has 4 heteroatoms. The lowest BCUT2D eigenvalue weighted by Gasteiger charge is -2.37. The number of anilines is 1. The molecule has 1 amide bonds. The smallest absolute Gasteiger partial charge is 0.407 e. The third kappa shape index (κ3) is 5.15. The van der Waals surface area contributed by atoms with Crippen molar-refractivity contribution in [3.8, 4) is 0 Å². The van der Waals surface area contributed by atoms with Crippen molar-refractivity contribution in [1.82, 2.24) is 5.32 Å². The van der Waals surface area contributed by atoms with Gasteiger partial charge in [0.15, 0.2) is 0 Å². The van der Waals surface area contributed by atoms with Gasteiger partial charge in [0.2, 0.25) is 0 Å². The van der Waals surface area contributed by atoms with E-state index < -0.39 is 5.60 Å². The van der Waals surface area contributed by atoms with E-state index in [9.17, 15) is 4.79 Å². The summed E-state index contributed by atoms with van der Waals surface area (Å²) in [4.78, 5) is 11.7. The first-order chi connectivity index (χ1) is 11.1. The van der Waals surface area contributed by atoms with Gasteiger partial charge >= 0.3 is 6.09 Å². The van der Waals surface area contributed by atoms with E-state index in [0.29, 0.717) is 6.04 Å². The highest BCUT2D eigenvalue weighted by atomic mass is 16.6. The fourth-order valence-corrected chi connectivity index (χ4v) is 2.79. The summed E-state index contributed by atoms with van der Waals surface area (Å²) in [5.74, 6) is 0. The van der Waals surface area contributed by atoms with E-state index in [4.69, 9.17) is 4.74 Å². The Morgan fingerprint density at radius 3 is 2.17 bits per heavy atom. The van der Waals surface area contributed by atoms with Gasteiger partial charge in [0.1, 0.15) is 5.60 Å². The van der Waals surface area contributed by atoms with Gasteiger partial charge in [0.25, 0.3) is 0 Å². The fourth-order valence-electron chi connectivity index (χ4n) is 2.79. The van der Waals surface area contributed by atoms with Crippen LogP contribution in [-0.4, -0.2) is 23.8 Å². The highest BCUT2D eigenvalue weighted by Crippen LogP contribution is 2.29. The number of alkyl carbamates (subject to hydrolysis) is 1. The number of ether oxygens (including phenoxy) is 1. The number of hydrogen-bond acceptors (Lipinski definition) is 3. The maximum absolute atomic E-state index is 11.7. The van der Waals surface area contributed by atoms with Crippen molar-refractivity contribution in [1.29, 1.82) is 0 Å². The van der Waals surface area contributed by atoms with Gasteiger partial charge in [0.05, 0.1) is 0 Å². The van der Waals surface area contributed by atoms with Crippen molar-refractivity contribution in [3.05, 3.63) is 29.8 Å². The first-order valence-electron chi connectivity index (χ1n) is 8.95. The van der Waals surface area contributed by atoms with Crippen molar-refractivity contribution in [2.75, 3.05) is 5.32 Å². The second-order valence-corrected chi connectivity index (χ2v) is 8.47. The molecule has 0 bridgehead atoms. The van der Waals surface area contributed by atoms with Gasteiger partial charge in [-0.2, -0.15) is 0 Å². The molecule has 0 radical (unpaired) electrons. The molecule has 1 aliphatic carbocycles. The van der Waals surface area contributed by atoms with Crippen LogP contribution in [0.3, 0.4) is 0 Å². The molecule has 1 aromatic rings. The quantitative estimate of drug-likeness (QED) is 0.811. The van der Waals surface area contributed by atoms with Gasteiger partial charge < -0.3 is 15.4 Å². The monoisotopic (exact) mass is 332 g/mol. The average Bonchev–Trinajstić information content (AvgIpc) is 2.43. The zero-order valence-corrected chi connectivity index (χ0v) is 15.9. The number of benzene rings is 1. The number of nitrogens with one attached hydrogen (secondary N) is 2. The highest BCUT2D eigenvalue weighted by molar-refractivity contribution is 5.68. The number of amides is 1. The van der Waals surface area contributed by atoms with Crippen molar-refractivity contribution >= 4 is 11.8 Å². The van der Waals surface area contributed by atoms with Crippen LogP contribution >= 0.6 is 0 Å². The van der Waals surface area contributed by atoms with Crippen molar-refractivity contribution in [3.63, 3.8) is 0 Å². The summed E-state index contributed by atoms with van der Waals surface area (Å²) in [5.41, 5.74) is 2.29. The van der Waals surface area contributed by atoms with Crippen LogP contribution < -0.4 is 10.6 Å². The molecule has 1 aliphatic rings. The lowest BCUT2D eigenvalue weighted by molar-refractivity contribution is 0.0475. The van der Waals surface area contributed by atoms with Crippen molar-refractivity contribution < 1.29 is 9.53 Å². The molecule has 0 saturated heterocycles. The molecule has 0 atom stereocenters. The van der Waals surface area contributed by atoms with Gasteiger partial charge in [-0.05, 0) is 63.1 Å². The normalized spacial score (nSPS) is 20.9. The van der Waals surface area contributed by atoms with Gasteiger partial charge in [0, 0.05) is 17.8 Å². The van der Waals surface area contributed by atoms with Crippen LogP contribution in [0, 0.1) is 0 Å². The molecule has 134 valence electrons. The molecule has 0 heterocycles. The minimum absolute atomic E-state index is 0.204. The SMILES string of the molecule is CCC(C)(C)c1ccc(NC2CC(NC(=O)OC(C)(C)C)C2)cc1. The lowest BCUT2D eigenvalue weighted by atomic mass is 9.82. The Bertz CT molecular complexity index is 552. The Balaban J connectivity index is 1.76. The Morgan fingerprint density at radius 1 is 1.08 bits per heavy atom. The van der Waals surface area contributed by atoms with E-state index >= 15 is 0 Å². The van der Waals surface area contributed by atoms with Gasteiger partial charge in [-0.15, -0.1) is 0 Å². The topological polar surface area (TPSA) is 50.4 Å². The number of hydrogen-bond donors (Lipinski definition) is 2. The summed E-state index contributed by atoms with van der Waals surface area (Å²) in [6.45, 7) is 12.4. The van der Waals surface area contributed by atoms with E-state index in [1.54, 1.807) is 0 Å². The molecule has 1 saturated carbocycles. The molecule has 1 fully saturated rings. The highest BCUT2D eigenvalue weighted by Gasteiger charge is 2.31. The number of rotatable bonds is 5. The predicted octanol–water partition coefficient (Wildman–Crippen LogP) is 4.84. The molecule has 2 N–H and O–H groups in total. The van der Waals surface area contributed by atoms with E-state index in [1.165, 1.54) is 5.56 Å². The van der Waals surface area contributed by atoms with Crippen LogP contribution in [0.5, 0.6) is 0 Å². The van der Waals surface area contributed by atoms with Crippen LogP contribution in [0.1, 0.15) is 66.4 Å². The minimum Gasteiger partial charge on any atom is -0.444 e. The molecule has 0 aromatic heterocycles. The molecule has 1 aromatic carbocycles. The summed E-state index contributed by atoms with van der Waals surface area (Å²) < 4.78 is 5.28. The van der Waals surface area contributed by atoms with Crippen LogP contribution in [0.25, 0.3) is 0 Å². The molecular weight excluding hydrogens is 300 g/mol. The molecule has 2 rings (SSSR count). The number of carbonyl (C=O) groups excluding carboxylic acids is 1. The first-order valence-corrected chi connectivity index (χ1v) is 8.95. The van der Waals surface area contributed by atoms with E-state index in [0.717, 1.165) is 24.9 Å². The lowest BCUT2D eigenvalue weighted by Crippen LogP contribution is -2.50. The summed E-state index contributed by atoms with van der Waals surface area (Å²) in [5, 5.41) is 6.46. The van der Waals surface area contributed by atoms with Crippen molar-refractivity contribution in [2.45, 2.75) is 83.9 Å². The van der Waals surface area contributed by atoms with Gasteiger partial charge in [-0.1, -0.05) is 32.9 Å². The largest absolute Gasteiger partial charge is 0.444 e. The molecule has 0 spiro atoms.